The van der Waals surface area contributed by atoms with Crippen LogP contribution in [0, 0.1) is 11.3 Å². The maximum absolute atomic E-state index is 10.00. The Bertz CT molecular complexity index is 156. The quantitative estimate of drug-likeness (QED) is 0.730. The molecule has 0 saturated carbocycles. The minimum atomic E-state index is -0.0953. The van der Waals surface area contributed by atoms with Gasteiger partial charge in [0.15, 0.2) is 0 Å². The van der Waals surface area contributed by atoms with Gasteiger partial charge in [0.2, 0.25) is 0 Å². The molecule has 2 N–H and O–H groups in total. The van der Waals surface area contributed by atoms with Crippen molar-refractivity contribution in [2.75, 3.05) is 13.1 Å². The molecule has 0 aromatic heterocycles. The van der Waals surface area contributed by atoms with Crippen LogP contribution < -0.4 is 5.32 Å². The van der Waals surface area contributed by atoms with Gasteiger partial charge in [-0.1, -0.05) is 20.8 Å². The average molecular weight is 199 g/mol. The molecule has 14 heavy (non-hydrogen) atoms. The molecular weight excluding hydrogens is 174 g/mol. The largest absolute Gasteiger partial charge is 0.393 e. The summed E-state index contributed by atoms with van der Waals surface area (Å²) in [6.07, 6.45) is 4.39. The predicted octanol–water partition coefficient (Wildman–Crippen LogP) is 2.17. The third-order valence-electron chi connectivity index (χ3n) is 3.07. The van der Waals surface area contributed by atoms with Crippen LogP contribution in [0.25, 0.3) is 0 Å². The molecule has 1 fully saturated rings. The zero-order valence-electron chi connectivity index (χ0n) is 9.84. The van der Waals surface area contributed by atoms with Crippen LogP contribution in [0.1, 0.15) is 46.5 Å². The minimum Gasteiger partial charge on any atom is -0.393 e. The fraction of sp³-hybridized carbons (Fsp3) is 1.00. The molecule has 1 aliphatic rings. The summed E-state index contributed by atoms with van der Waals surface area (Å²) < 4.78 is 0. The van der Waals surface area contributed by atoms with E-state index < -0.39 is 0 Å². The molecule has 2 atom stereocenters. The fourth-order valence-corrected chi connectivity index (χ4v) is 2.02. The molecule has 0 radical (unpaired) electrons. The Morgan fingerprint density at radius 2 is 2.14 bits per heavy atom. The van der Waals surface area contributed by atoms with Gasteiger partial charge < -0.3 is 10.4 Å². The molecule has 0 aromatic carbocycles. The lowest BCUT2D eigenvalue weighted by atomic mass is 9.84. The SMILES string of the molecule is CC(C)(C)CCC(O)C1CCCNC1. The normalized spacial score (nSPS) is 26.1. The second-order valence-electron chi connectivity index (χ2n) is 5.77. The van der Waals surface area contributed by atoms with Crippen LogP contribution in [-0.4, -0.2) is 24.3 Å². The highest BCUT2D eigenvalue weighted by Gasteiger charge is 2.22. The van der Waals surface area contributed by atoms with Crippen molar-refractivity contribution in [1.82, 2.24) is 5.32 Å². The van der Waals surface area contributed by atoms with Gasteiger partial charge in [0.05, 0.1) is 6.10 Å². The van der Waals surface area contributed by atoms with Crippen LogP contribution in [0.15, 0.2) is 0 Å². The number of hydrogen-bond donors (Lipinski definition) is 2. The summed E-state index contributed by atoms with van der Waals surface area (Å²) in [7, 11) is 0. The molecular formula is C12H25NO. The van der Waals surface area contributed by atoms with E-state index in [1.54, 1.807) is 0 Å². The Kier molecular flexibility index (Phi) is 4.39. The Balaban J connectivity index is 2.23. The molecule has 2 unspecified atom stereocenters. The first-order valence-corrected chi connectivity index (χ1v) is 5.88. The Morgan fingerprint density at radius 3 is 2.64 bits per heavy atom. The summed E-state index contributed by atoms with van der Waals surface area (Å²) in [5.74, 6) is 0.492. The molecule has 2 nitrogen and oxygen atoms in total. The number of piperidine rings is 1. The van der Waals surface area contributed by atoms with Gasteiger partial charge in [0.25, 0.3) is 0 Å². The lowest BCUT2D eigenvalue weighted by molar-refractivity contribution is 0.0730. The highest BCUT2D eigenvalue weighted by atomic mass is 16.3. The molecule has 1 heterocycles. The summed E-state index contributed by atoms with van der Waals surface area (Å²) in [6, 6.07) is 0. The standard InChI is InChI=1S/C12H25NO/c1-12(2,3)7-6-11(14)10-5-4-8-13-9-10/h10-11,13-14H,4-9H2,1-3H3. The first kappa shape index (κ1) is 12.0. The molecule has 0 amide bonds. The molecule has 0 aliphatic carbocycles. The van der Waals surface area contributed by atoms with Gasteiger partial charge in [0.1, 0.15) is 0 Å². The number of rotatable bonds is 3. The first-order valence-electron chi connectivity index (χ1n) is 5.88. The summed E-state index contributed by atoms with van der Waals surface area (Å²) in [5.41, 5.74) is 0.350. The van der Waals surface area contributed by atoms with Crippen molar-refractivity contribution in [3.8, 4) is 0 Å². The number of hydrogen-bond acceptors (Lipinski definition) is 2. The molecule has 1 rings (SSSR count). The number of nitrogens with one attached hydrogen (secondary N) is 1. The van der Waals surface area contributed by atoms with Crippen LogP contribution in [0.4, 0.5) is 0 Å². The van der Waals surface area contributed by atoms with Crippen LogP contribution in [0.2, 0.25) is 0 Å². The van der Waals surface area contributed by atoms with Gasteiger partial charge in [-0.15, -0.1) is 0 Å². The molecule has 2 heteroatoms. The molecule has 0 spiro atoms. The van der Waals surface area contributed by atoms with Gasteiger partial charge >= 0.3 is 0 Å². The highest BCUT2D eigenvalue weighted by Crippen LogP contribution is 2.25. The van der Waals surface area contributed by atoms with E-state index in [0.29, 0.717) is 11.3 Å². The van der Waals surface area contributed by atoms with Gasteiger partial charge in [-0.05, 0) is 43.6 Å². The van der Waals surface area contributed by atoms with Gasteiger partial charge in [-0.3, -0.25) is 0 Å². The zero-order chi connectivity index (χ0) is 10.6. The highest BCUT2D eigenvalue weighted by molar-refractivity contribution is 4.77. The van der Waals surface area contributed by atoms with E-state index in [1.165, 1.54) is 12.8 Å². The number of aliphatic hydroxyl groups excluding tert-OH is 1. The van der Waals surface area contributed by atoms with Crippen LogP contribution in [0.5, 0.6) is 0 Å². The van der Waals surface area contributed by atoms with E-state index in [4.69, 9.17) is 0 Å². The van der Waals surface area contributed by atoms with Crippen LogP contribution in [0.3, 0.4) is 0 Å². The smallest absolute Gasteiger partial charge is 0.0580 e. The average Bonchev–Trinajstić information content (AvgIpc) is 2.14. The summed E-state index contributed by atoms with van der Waals surface area (Å²) in [4.78, 5) is 0. The van der Waals surface area contributed by atoms with Crippen LogP contribution in [-0.2, 0) is 0 Å². The fourth-order valence-electron chi connectivity index (χ4n) is 2.02. The van der Waals surface area contributed by atoms with Gasteiger partial charge in [-0.2, -0.15) is 0 Å². The van der Waals surface area contributed by atoms with Gasteiger partial charge in [-0.25, -0.2) is 0 Å². The van der Waals surface area contributed by atoms with Crippen molar-refractivity contribution in [2.45, 2.75) is 52.6 Å². The van der Waals surface area contributed by atoms with Crippen LogP contribution >= 0.6 is 0 Å². The van der Waals surface area contributed by atoms with E-state index >= 15 is 0 Å². The molecule has 84 valence electrons. The van der Waals surface area contributed by atoms with Crippen molar-refractivity contribution in [3.05, 3.63) is 0 Å². The molecule has 0 aromatic rings. The predicted molar refractivity (Wildman–Crippen MR) is 60.3 cm³/mol. The second kappa shape index (κ2) is 5.13. The molecule has 1 aliphatic heterocycles. The van der Waals surface area contributed by atoms with Crippen molar-refractivity contribution in [2.24, 2.45) is 11.3 Å². The zero-order valence-corrected chi connectivity index (χ0v) is 9.84. The van der Waals surface area contributed by atoms with Gasteiger partial charge in [0, 0.05) is 6.54 Å². The van der Waals surface area contributed by atoms with E-state index in [-0.39, 0.29) is 6.10 Å². The summed E-state index contributed by atoms with van der Waals surface area (Å²) in [6.45, 7) is 8.84. The van der Waals surface area contributed by atoms with Crippen molar-refractivity contribution in [1.29, 1.82) is 0 Å². The third kappa shape index (κ3) is 4.43. The van der Waals surface area contributed by atoms with E-state index in [9.17, 15) is 5.11 Å². The Hall–Kier alpha value is -0.0800. The monoisotopic (exact) mass is 199 g/mol. The van der Waals surface area contributed by atoms with E-state index in [1.807, 2.05) is 0 Å². The minimum absolute atomic E-state index is 0.0953. The Labute approximate surface area is 88.1 Å². The summed E-state index contributed by atoms with van der Waals surface area (Å²) in [5, 5.41) is 13.4. The molecule has 1 saturated heterocycles. The topological polar surface area (TPSA) is 32.3 Å². The van der Waals surface area contributed by atoms with E-state index in [2.05, 4.69) is 26.1 Å². The lowest BCUT2D eigenvalue weighted by Gasteiger charge is -2.29. The van der Waals surface area contributed by atoms with E-state index in [0.717, 1.165) is 25.9 Å². The molecule has 0 bridgehead atoms. The lowest BCUT2D eigenvalue weighted by Crippen LogP contribution is -2.37. The Morgan fingerprint density at radius 1 is 1.43 bits per heavy atom. The number of aliphatic hydroxyl groups is 1. The van der Waals surface area contributed by atoms with Crippen molar-refractivity contribution >= 4 is 0 Å². The van der Waals surface area contributed by atoms with Crippen molar-refractivity contribution in [3.63, 3.8) is 0 Å². The maximum atomic E-state index is 10.00. The maximum Gasteiger partial charge on any atom is 0.0580 e. The third-order valence-corrected chi connectivity index (χ3v) is 3.07. The first-order chi connectivity index (χ1) is 6.49. The second-order valence-corrected chi connectivity index (χ2v) is 5.77. The van der Waals surface area contributed by atoms with Crippen molar-refractivity contribution < 1.29 is 5.11 Å². The summed E-state index contributed by atoms with van der Waals surface area (Å²) >= 11 is 0.